The lowest BCUT2D eigenvalue weighted by atomic mass is 10.0. The molecule has 0 aliphatic carbocycles. The highest BCUT2D eigenvalue weighted by molar-refractivity contribution is 5.73. The molecule has 1 aromatic rings. The van der Waals surface area contributed by atoms with Gasteiger partial charge in [0, 0.05) is 50.0 Å². The van der Waals surface area contributed by atoms with E-state index in [9.17, 15) is 4.79 Å². The molecule has 2 N–H and O–H groups in total. The van der Waals surface area contributed by atoms with Gasteiger partial charge >= 0.3 is 6.03 Å². The highest BCUT2D eigenvalue weighted by Crippen LogP contribution is 2.14. The molecule has 0 aromatic carbocycles. The van der Waals surface area contributed by atoms with E-state index in [4.69, 9.17) is 4.74 Å². The number of nitrogens with one attached hydrogen (secondary N) is 2. The van der Waals surface area contributed by atoms with E-state index >= 15 is 0 Å². The highest BCUT2D eigenvalue weighted by Gasteiger charge is 2.28. The Bertz CT molecular complexity index is 458. The van der Waals surface area contributed by atoms with E-state index in [1.54, 1.807) is 6.20 Å². The van der Waals surface area contributed by atoms with Crippen molar-refractivity contribution in [3.63, 3.8) is 0 Å². The Morgan fingerprint density at radius 3 is 2.77 bits per heavy atom. The molecule has 0 radical (unpaired) electrons. The normalized spacial score (nSPS) is 16.3. The molecular formula is C16H26N4O2. The first-order valence-electron chi connectivity index (χ1n) is 7.82. The smallest absolute Gasteiger partial charge is 0.314 e. The number of aromatic nitrogens is 1. The van der Waals surface area contributed by atoms with Gasteiger partial charge in [0.1, 0.15) is 0 Å². The van der Waals surface area contributed by atoms with Gasteiger partial charge in [-0.1, -0.05) is 6.07 Å². The lowest BCUT2D eigenvalue weighted by molar-refractivity contribution is -0.00874. The van der Waals surface area contributed by atoms with Crippen molar-refractivity contribution in [2.75, 3.05) is 39.4 Å². The molecular weight excluding hydrogens is 280 g/mol. The minimum Gasteiger partial charge on any atom is -0.379 e. The fourth-order valence-electron chi connectivity index (χ4n) is 2.49. The standard InChI is InChI=1S/C16H26N4O2/c1-16(2,20-9-11-22-12-10-20)13-19-15(21)18-8-6-14-5-3-4-7-17-14/h3-5,7H,6,8-13H2,1-2H3,(H2,18,19,21). The van der Waals surface area contributed by atoms with Crippen LogP contribution in [0.1, 0.15) is 19.5 Å². The summed E-state index contributed by atoms with van der Waals surface area (Å²) in [6.07, 6.45) is 2.50. The molecule has 22 heavy (non-hydrogen) atoms. The Morgan fingerprint density at radius 1 is 1.32 bits per heavy atom. The lowest BCUT2D eigenvalue weighted by Gasteiger charge is -2.40. The van der Waals surface area contributed by atoms with E-state index in [1.807, 2.05) is 18.2 Å². The van der Waals surface area contributed by atoms with Crippen molar-refractivity contribution in [2.24, 2.45) is 0 Å². The molecule has 2 heterocycles. The fraction of sp³-hybridized carbons (Fsp3) is 0.625. The predicted molar refractivity (Wildman–Crippen MR) is 85.8 cm³/mol. The molecule has 0 saturated carbocycles. The van der Waals surface area contributed by atoms with Crippen LogP contribution in [0.5, 0.6) is 0 Å². The molecule has 1 aliphatic rings. The fourth-order valence-corrected chi connectivity index (χ4v) is 2.49. The van der Waals surface area contributed by atoms with Crippen molar-refractivity contribution in [1.82, 2.24) is 20.5 Å². The third kappa shape index (κ3) is 5.27. The van der Waals surface area contributed by atoms with Gasteiger partial charge in [0.05, 0.1) is 13.2 Å². The van der Waals surface area contributed by atoms with Gasteiger partial charge in [-0.25, -0.2) is 4.79 Å². The molecule has 0 unspecified atom stereocenters. The van der Waals surface area contributed by atoms with Gasteiger partial charge in [0.2, 0.25) is 0 Å². The number of rotatable bonds is 6. The topological polar surface area (TPSA) is 66.5 Å². The molecule has 0 atom stereocenters. The summed E-state index contributed by atoms with van der Waals surface area (Å²) in [6, 6.07) is 5.67. The third-order valence-electron chi connectivity index (χ3n) is 3.94. The zero-order valence-electron chi connectivity index (χ0n) is 13.5. The van der Waals surface area contributed by atoms with Crippen molar-refractivity contribution in [3.05, 3.63) is 30.1 Å². The van der Waals surface area contributed by atoms with E-state index in [-0.39, 0.29) is 11.6 Å². The molecule has 1 fully saturated rings. The second kappa shape index (κ2) is 8.10. The van der Waals surface area contributed by atoms with Crippen molar-refractivity contribution in [2.45, 2.75) is 25.8 Å². The van der Waals surface area contributed by atoms with E-state index in [0.717, 1.165) is 38.4 Å². The number of nitrogens with zero attached hydrogens (tertiary/aromatic N) is 2. The van der Waals surface area contributed by atoms with E-state index in [2.05, 4.69) is 34.4 Å². The summed E-state index contributed by atoms with van der Waals surface area (Å²) in [4.78, 5) is 18.5. The summed E-state index contributed by atoms with van der Waals surface area (Å²) in [5.74, 6) is 0. The minimum absolute atomic E-state index is 0.0674. The van der Waals surface area contributed by atoms with Crippen LogP contribution in [0.15, 0.2) is 24.4 Å². The number of hydrogen-bond donors (Lipinski definition) is 2. The second-order valence-corrected chi connectivity index (χ2v) is 6.09. The van der Waals surface area contributed by atoms with Crippen LogP contribution in [0, 0.1) is 0 Å². The number of urea groups is 1. The van der Waals surface area contributed by atoms with E-state index in [0.29, 0.717) is 13.1 Å². The van der Waals surface area contributed by atoms with Crippen molar-refractivity contribution < 1.29 is 9.53 Å². The van der Waals surface area contributed by atoms with Crippen LogP contribution in [0.2, 0.25) is 0 Å². The number of carbonyl (C=O) groups excluding carboxylic acids is 1. The van der Waals surface area contributed by atoms with E-state index < -0.39 is 0 Å². The first-order valence-corrected chi connectivity index (χ1v) is 7.82. The summed E-state index contributed by atoms with van der Waals surface area (Å²) in [6.45, 7) is 8.84. The first-order chi connectivity index (χ1) is 10.6. The number of hydrogen-bond acceptors (Lipinski definition) is 4. The zero-order valence-corrected chi connectivity index (χ0v) is 13.5. The maximum Gasteiger partial charge on any atom is 0.314 e. The summed E-state index contributed by atoms with van der Waals surface area (Å²) < 4.78 is 5.37. The van der Waals surface area contributed by atoms with Crippen molar-refractivity contribution in [1.29, 1.82) is 0 Å². The van der Waals surface area contributed by atoms with E-state index in [1.165, 1.54) is 0 Å². The molecule has 122 valence electrons. The Kier molecular flexibility index (Phi) is 6.15. The molecule has 0 spiro atoms. The maximum absolute atomic E-state index is 11.9. The quantitative estimate of drug-likeness (QED) is 0.824. The molecule has 0 bridgehead atoms. The summed E-state index contributed by atoms with van der Waals surface area (Å²) in [5, 5.41) is 5.83. The van der Waals surface area contributed by atoms with Gasteiger partial charge in [-0.15, -0.1) is 0 Å². The van der Waals surface area contributed by atoms with Crippen molar-refractivity contribution in [3.8, 4) is 0 Å². The number of morpholine rings is 1. The van der Waals surface area contributed by atoms with Crippen LogP contribution in [0.4, 0.5) is 4.79 Å². The van der Waals surface area contributed by atoms with Crippen LogP contribution in [-0.2, 0) is 11.2 Å². The van der Waals surface area contributed by atoms with Gasteiger partial charge in [-0.2, -0.15) is 0 Å². The summed E-state index contributed by atoms with van der Waals surface area (Å²) >= 11 is 0. The predicted octanol–water partition coefficient (Wildman–Crippen LogP) is 1.03. The number of pyridine rings is 1. The molecule has 1 aliphatic heterocycles. The monoisotopic (exact) mass is 306 g/mol. The first kappa shape index (κ1) is 16.7. The van der Waals surface area contributed by atoms with Crippen LogP contribution >= 0.6 is 0 Å². The van der Waals surface area contributed by atoms with Gasteiger partial charge < -0.3 is 15.4 Å². The van der Waals surface area contributed by atoms with Crippen LogP contribution in [-0.4, -0.2) is 60.8 Å². The van der Waals surface area contributed by atoms with Crippen LogP contribution in [0.3, 0.4) is 0 Å². The second-order valence-electron chi connectivity index (χ2n) is 6.09. The molecule has 1 saturated heterocycles. The number of amides is 2. The molecule has 1 aromatic heterocycles. The lowest BCUT2D eigenvalue weighted by Crippen LogP contribution is -2.56. The Labute approximate surface area is 132 Å². The molecule has 6 heteroatoms. The SMILES string of the molecule is CC(C)(CNC(=O)NCCc1ccccn1)N1CCOCC1. The third-order valence-corrected chi connectivity index (χ3v) is 3.94. The van der Waals surface area contributed by atoms with Gasteiger partial charge in [-0.05, 0) is 26.0 Å². The summed E-state index contributed by atoms with van der Waals surface area (Å²) in [7, 11) is 0. The Balaban J connectivity index is 1.66. The van der Waals surface area contributed by atoms with Crippen molar-refractivity contribution >= 4 is 6.03 Å². The number of carbonyl (C=O) groups is 1. The average molecular weight is 306 g/mol. The maximum atomic E-state index is 11.9. The molecule has 2 rings (SSSR count). The largest absolute Gasteiger partial charge is 0.379 e. The van der Waals surface area contributed by atoms with Crippen LogP contribution < -0.4 is 10.6 Å². The zero-order chi connectivity index (χ0) is 15.8. The van der Waals surface area contributed by atoms with Gasteiger partial charge in [-0.3, -0.25) is 9.88 Å². The number of ether oxygens (including phenoxy) is 1. The minimum atomic E-state index is -0.128. The highest BCUT2D eigenvalue weighted by atomic mass is 16.5. The molecule has 6 nitrogen and oxygen atoms in total. The Morgan fingerprint density at radius 2 is 2.09 bits per heavy atom. The molecule has 2 amide bonds. The average Bonchev–Trinajstić information content (AvgIpc) is 2.55. The van der Waals surface area contributed by atoms with Gasteiger partial charge in [0.25, 0.3) is 0 Å². The van der Waals surface area contributed by atoms with Crippen LogP contribution in [0.25, 0.3) is 0 Å². The van der Waals surface area contributed by atoms with Gasteiger partial charge in [0.15, 0.2) is 0 Å². The Hall–Kier alpha value is -1.66. The summed E-state index contributed by atoms with van der Waals surface area (Å²) in [5.41, 5.74) is 0.915.